The van der Waals surface area contributed by atoms with E-state index in [1.54, 1.807) is 16.7 Å². The van der Waals surface area contributed by atoms with Gasteiger partial charge in [0, 0.05) is 17.8 Å². The van der Waals surface area contributed by atoms with E-state index < -0.39 is 0 Å². The third-order valence-electron chi connectivity index (χ3n) is 10.4. The summed E-state index contributed by atoms with van der Waals surface area (Å²) in [6.07, 6.45) is 14.6. The van der Waals surface area contributed by atoms with E-state index in [0.717, 1.165) is 19.3 Å². The van der Waals surface area contributed by atoms with E-state index in [4.69, 9.17) is 6.58 Å². The molecular weight excluding hydrogens is 480 g/mol. The summed E-state index contributed by atoms with van der Waals surface area (Å²) in [5.41, 5.74) is 17.4. The molecule has 0 saturated heterocycles. The zero-order valence-electron chi connectivity index (χ0n) is 25.3. The molecule has 0 heterocycles. The molecule has 0 radical (unpaired) electrons. The van der Waals surface area contributed by atoms with Crippen LogP contribution in [-0.4, -0.2) is 0 Å². The van der Waals surface area contributed by atoms with Crippen LogP contribution >= 0.6 is 0 Å². The fourth-order valence-corrected chi connectivity index (χ4v) is 8.47. The lowest BCUT2D eigenvalue weighted by Crippen LogP contribution is -2.31. The van der Waals surface area contributed by atoms with Crippen molar-refractivity contribution in [3.05, 3.63) is 141 Å². The quantitative estimate of drug-likeness (QED) is 0.328. The van der Waals surface area contributed by atoms with Gasteiger partial charge < -0.3 is 0 Å². The molecule has 5 unspecified atom stereocenters. The molecule has 2 aromatic carbocycles. The summed E-state index contributed by atoms with van der Waals surface area (Å²) in [6, 6.07) is 16.5. The zero-order valence-corrected chi connectivity index (χ0v) is 25.3. The highest BCUT2D eigenvalue weighted by atomic mass is 14.5. The second-order valence-electron chi connectivity index (χ2n) is 13.2. The molecule has 0 nitrogen and oxygen atoms in total. The topological polar surface area (TPSA) is 0 Å². The normalized spacial score (nSPS) is 28.6. The maximum atomic E-state index is 4.82. The van der Waals surface area contributed by atoms with Crippen molar-refractivity contribution >= 4 is 0 Å². The first kappa shape index (κ1) is 27.1. The Labute approximate surface area is 243 Å². The van der Waals surface area contributed by atoms with Crippen LogP contribution in [0.5, 0.6) is 0 Å². The number of allylic oxidation sites excluding steroid dienone is 10. The first-order valence-corrected chi connectivity index (χ1v) is 15.6. The molecule has 4 aliphatic carbocycles. The summed E-state index contributed by atoms with van der Waals surface area (Å²) in [4.78, 5) is 0. The maximum absolute atomic E-state index is 4.82. The molecule has 0 spiro atoms. The van der Waals surface area contributed by atoms with Crippen molar-refractivity contribution in [3.8, 4) is 0 Å². The smallest absolute Gasteiger partial charge is 0.0264 e. The molecule has 0 aliphatic heterocycles. The van der Waals surface area contributed by atoms with Gasteiger partial charge in [0.1, 0.15) is 0 Å². The van der Waals surface area contributed by atoms with Crippen molar-refractivity contribution in [2.75, 3.05) is 0 Å². The SMILES string of the molecule is C=C1C(=CC2=C(C)C(c3ccc(C)cc3)C(C)=C2)CC2=CC(C)C(C(=C)CCC)C(c3ccc4c(c3)CCC4)C12. The number of hydrogen-bond acceptors (Lipinski definition) is 0. The van der Waals surface area contributed by atoms with Crippen molar-refractivity contribution in [2.24, 2.45) is 17.8 Å². The molecule has 4 aliphatic rings. The molecule has 6 rings (SSSR count). The van der Waals surface area contributed by atoms with Gasteiger partial charge in [0.25, 0.3) is 0 Å². The Hall–Kier alpha value is -3.12. The van der Waals surface area contributed by atoms with Gasteiger partial charge in [-0.3, -0.25) is 0 Å². The van der Waals surface area contributed by atoms with Crippen molar-refractivity contribution in [1.29, 1.82) is 0 Å². The van der Waals surface area contributed by atoms with E-state index in [9.17, 15) is 0 Å². The second-order valence-corrected chi connectivity index (χ2v) is 13.2. The van der Waals surface area contributed by atoms with Crippen LogP contribution in [0.15, 0.2) is 113 Å². The Kier molecular flexibility index (Phi) is 7.24. The Morgan fingerprint density at radius 3 is 2.45 bits per heavy atom. The summed E-state index contributed by atoms with van der Waals surface area (Å²) in [5, 5.41) is 0. The average Bonchev–Trinajstić information content (AvgIpc) is 3.59. The minimum absolute atomic E-state index is 0.376. The van der Waals surface area contributed by atoms with Crippen LogP contribution in [0.1, 0.15) is 93.0 Å². The number of hydrogen-bond donors (Lipinski definition) is 0. The fourth-order valence-electron chi connectivity index (χ4n) is 8.47. The van der Waals surface area contributed by atoms with Gasteiger partial charge in [-0.1, -0.05) is 122 Å². The first-order chi connectivity index (χ1) is 19.3. The first-order valence-electron chi connectivity index (χ1n) is 15.6. The maximum Gasteiger partial charge on any atom is 0.0264 e. The second kappa shape index (κ2) is 10.7. The molecule has 0 amide bonds. The van der Waals surface area contributed by atoms with E-state index in [1.165, 1.54) is 69.4 Å². The largest absolute Gasteiger partial charge is 0.0995 e. The van der Waals surface area contributed by atoms with Gasteiger partial charge in [0.05, 0.1) is 0 Å². The van der Waals surface area contributed by atoms with Crippen LogP contribution in [-0.2, 0) is 12.8 Å². The van der Waals surface area contributed by atoms with Gasteiger partial charge in [-0.2, -0.15) is 0 Å². The summed E-state index contributed by atoms with van der Waals surface area (Å²) in [6.45, 7) is 21.0. The van der Waals surface area contributed by atoms with Gasteiger partial charge in [-0.15, -0.1) is 0 Å². The number of fused-ring (bicyclic) bond motifs is 2. The molecule has 40 heavy (non-hydrogen) atoms. The summed E-state index contributed by atoms with van der Waals surface area (Å²) < 4.78 is 0. The van der Waals surface area contributed by atoms with Crippen LogP contribution < -0.4 is 0 Å². The lowest BCUT2D eigenvalue weighted by molar-refractivity contribution is 0.322. The Bertz CT molecular complexity index is 1480. The minimum Gasteiger partial charge on any atom is -0.0995 e. The molecular formula is C40H46. The van der Waals surface area contributed by atoms with Gasteiger partial charge in [0.15, 0.2) is 0 Å². The number of benzene rings is 2. The third-order valence-corrected chi connectivity index (χ3v) is 10.4. The van der Waals surface area contributed by atoms with Crippen LogP contribution in [0.3, 0.4) is 0 Å². The number of aryl methyl sites for hydroxylation is 3. The van der Waals surface area contributed by atoms with Gasteiger partial charge >= 0.3 is 0 Å². The van der Waals surface area contributed by atoms with Crippen molar-refractivity contribution < 1.29 is 0 Å². The van der Waals surface area contributed by atoms with E-state index in [2.05, 4.69) is 102 Å². The van der Waals surface area contributed by atoms with Gasteiger partial charge in [0.2, 0.25) is 0 Å². The molecule has 1 saturated carbocycles. The van der Waals surface area contributed by atoms with E-state index in [0.29, 0.717) is 29.6 Å². The molecule has 0 aromatic heterocycles. The highest BCUT2D eigenvalue weighted by Crippen LogP contribution is 2.57. The Morgan fingerprint density at radius 1 is 0.975 bits per heavy atom. The van der Waals surface area contributed by atoms with Crippen LogP contribution in [0.4, 0.5) is 0 Å². The summed E-state index contributed by atoms with van der Waals surface area (Å²) in [7, 11) is 0. The van der Waals surface area contributed by atoms with Crippen molar-refractivity contribution in [3.63, 3.8) is 0 Å². The van der Waals surface area contributed by atoms with Gasteiger partial charge in [-0.25, -0.2) is 0 Å². The highest BCUT2D eigenvalue weighted by molar-refractivity contribution is 5.60. The van der Waals surface area contributed by atoms with Crippen LogP contribution in [0.2, 0.25) is 0 Å². The molecule has 2 aromatic rings. The Morgan fingerprint density at radius 2 is 1.70 bits per heavy atom. The molecule has 0 heteroatoms. The monoisotopic (exact) mass is 526 g/mol. The standard InChI is InChI=1S/C40H46/c1-8-10-25(3)37-26(4)20-36-23-35(22-34-19-27(5)38(28(34)6)31-15-13-24(2)14-16-31)29(7)39(36)40(37)33-18-17-30-11-9-12-32(30)21-33/h13-22,26,37-40H,3,7-12,23H2,1-2,4-6H3. The van der Waals surface area contributed by atoms with Crippen LogP contribution in [0.25, 0.3) is 0 Å². The predicted molar refractivity (Wildman–Crippen MR) is 172 cm³/mol. The fraction of sp³-hybridized carbons (Fsp3) is 0.400. The minimum atomic E-state index is 0.376. The zero-order chi connectivity index (χ0) is 28.1. The average molecular weight is 527 g/mol. The predicted octanol–water partition coefficient (Wildman–Crippen LogP) is 10.7. The Balaban J connectivity index is 1.38. The number of rotatable bonds is 6. The highest BCUT2D eigenvalue weighted by Gasteiger charge is 2.45. The molecule has 1 fully saturated rings. The van der Waals surface area contributed by atoms with Crippen molar-refractivity contribution in [1.82, 2.24) is 0 Å². The van der Waals surface area contributed by atoms with E-state index in [-0.39, 0.29) is 0 Å². The third kappa shape index (κ3) is 4.64. The molecule has 5 atom stereocenters. The summed E-state index contributed by atoms with van der Waals surface area (Å²) >= 11 is 0. The van der Waals surface area contributed by atoms with Gasteiger partial charge in [-0.05, 0) is 104 Å². The summed E-state index contributed by atoms with van der Waals surface area (Å²) in [5.74, 6) is 2.14. The van der Waals surface area contributed by atoms with Crippen LogP contribution in [0, 0.1) is 24.7 Å². The lowest BCUT2D eigenvalue weighted by Gasteiger charge is -2.41. The lowest BCUT2D eigenvalue weighted by atomic mass is 9.62. The molecule has 0 bridgehead atoms. The van der Waals surface area contributed by atoms with E-state index in [1.807, 2.05) is 0 Å². The van der Waals surface area contributed by atoms with E-state index >= 15 is 0 Å². The molecule has 206 valence electrons. The van der Waals surface area contributed by atoms with Crippen molar-refractivity contribution in [2.45, 2.75) is 85.0 Å². The molecule has 0 N–H and O–H groups in total.